The molecule has 1 aliphatic rings. The molecule has 5 heteroatoms. The van der Waals surface area contributed by atoms with E-state index in [4.69, 9.17) is 0 Å². The summed E-state index contributed by atoms with van der Waals surface area (Å²) in [6.45, 7) is 11.5. The number of ketones is 2. The van der Waals surface area contributed by atoms with Crippen molar-refractivity contribution in [2.75, 3.05) is 0 Å². The van der Waals surface area contributed by atoms with Crippen LogP contribution in [0.4, 0.5) is 0 Å². The molecule has 26 heavy (non-hydrogen) atoms. The number of carbonyl (C=O) groups excluding carboxylic acids is 2. The first kappa shape index (κ1) is 22.8. The third-order valence-electron chi connectivity index (χ3n) is 5.57. The Labute approximate surface area is 157 Å². The van der Waals surface area contributed by atoms with Gasteiger partial charge in [0.25, 0.3) is 0 Å². The maximum atomic E-state index is 12.9. The Morgan fingerprint density at radius 3 is 2.08 bits per heavy atom. The summed E-state index contributed by atoms with van der Waals surface area (Å²) < 4.78 is 0. The minimum Gasteiger partial charge on any atom is -0.508 e. The molecule has 4 atom stereocenters. The molecule has 0 saturated carbocycles. The van der Waals surface area contributed by atoms with Crippen LogP contribution in [0.5, 0.6) is 0 Å². The predicted octanol–water partition coefficient (Wildman–Crippen LogP) is 3.58. The smallest absolute Gasteiger partial charge is 0.176 e. The highest BCUT2D eigenvalue weighted by atomic mass is 16.4. The zero-order chi connectivity index (χ0) is 20.2. The maximum absolute atomic E-state index is 12.9. The van der Waals surface area contributed by atoms with E-state index in [1.807, 2.05) is 34.6 Å². The Balaban J connectivity index is 3.29. The third kappa shape index (κ3) is 4.55. The van der Waals surface area contributed by atoms with Crippen molar-refractivity contribution in [1.29, 1.82) is 0 Å². The zero-order valence-corrected chi connectivity index (χ0v) is 17.1. The maximum Gasteiger partial charge on any atom is 0.176 e. The lowest BCUT2D eigenvalue weighted by Crippen LogP contribution is -2.49. The minimum absolute atomic E-state index is 0.258. The van der Waals surface area contributed by atoms with Crippen LogP contribution in [0.2, 0.25) is 0 Å². The van der Waals surface area contributed by atoms with Gasteiger partial charge in [0.05, 0.1) is 12.0 Å². The molecule has 1 unspecified atom stereocenters. The van der Waals surface area contributed by atoms with Crippen molar-refractivity contribution in [2.45, 2.75) is 85.4 Å². The highest BCUT2D eigenvalue weighted by Gasteiger charge is 2.58. The van der Waals surface area contributed by atoms with Gasteiger partial charge in [0.2, 0.25) is 0 Å². The molecule has 1 aliphatic carbocycles. The third-order valence-corrected chi connectivity index (χ3v) is 5.57. The van der Waals surface area contributed by atoms with Gasteiger partial charge in [0, 0.05) is 5.92 Å². The standard InChI is InChI=1S/C21H36O5/c1-7-14(6)18(23)17-19(24)15(10-8-12(2)3)21(26,20(17)25)16(22)11-9-13(4)5/h12-16,22,25-26H,7-11H2,1-6H3/t14?,15-,16-,21-/m0/s1. The number of allylic oxidation sites excluding steroid dienone is 1. The van der Waals surface area contributed by atoms with Crippen LogP contribution in [-0.2, 0) is 9.59 Å². The molecule has 0 spiro atoms. The zero-order valence-electron chi connectivity index (χ0n) is 17.1. The molecule has 5 nitrogen and oxygen atoms in total. The SMILES string of the molecule is CCC(C)C(=O)C1=C(O)[C@@](O)([C@@H](O)CCC(C)C)[C@@H](CCC(C)C)C1=O. The van der Waals surface area contributed by atoms with Crippen LogP contribution in [0.1, 0.15) is 73.6 Å². The van der Waals surface area contributed by atoms with E-state index in [0.29, 0.717) is 37.5 Å². The van der Waals surface area contributed by atoms with Crippen molar-refractivity contribution in [3.05, 3.63) is 11.3 Å². The fourth-order valence-electron chi connectivity index (χ4n) is 3.48. The van der Waals surface area contributed by atoms with Crippen molar-refractivity contribution in [3.63, 3.8) is 0 Å². The molecule has 0 heterocycles. The van der Waals surface area contributed by atoms with Crippen LogP contribution >= 0.6 is 0 Å². The van der Waals surface area contributed by atoms with Crippen LogP contribution in [0.15, 0.2) is 11.3 Å². The molecular weight excluding hydrogens is 332 g/mol. The summed E-state index contributed by atoms with van der Waals surface area (Å²) in [5.74, 6) is -2.39. The van der Waals surface area contributed by atoms with Crippen LogP contribution in [0, 0.1) is 23.7 Å². The average molecular weight is 369 g/mol. The lowest BCUT2D eigenvalue weighted by molar-refractivity contribution is -0.137. The normalized spacial score (nSPS) is 26.1. The molecule has 0 bridgehead atoms. The monoisotopic (exact) mass is 368 g/mol. The van der Waals surface area contributed by atoms with Gasteiger partial charge in [-0.15, -0.1) is 0 Å². The molecule has 0 fully saturated rings. The average Bonchev–Trinajstić information content (AvgIpc) is 2.76. The summed E-state index contributed by atoms with van der Waals surface area (Å²) >= 11 is 0. The van der Waals surface area contributed by atoms with Crippen LogP contribution < -0.4 is 0 Å². The van der Waals surface area contributed by atoms with E-state index in [1.165, 1.54) is 0 Å². The van der Waals surface area contributed by atoms with Crippen molar-refractivity contribution >= 4 is 11.6 Å². The van der Waals surface area contributed by atoms with E-state index >= 15 is 0 Å². The highest BCUT2D eigenvalue weighted by Crippen LogP contribution is 2.44. The number of aliphatic hydroxyl groups is 3. The first-order valence-electron chi connectivity index (χ1n) is 9.90. The van der Waals surface area contributed by atoms with E-state index in [9.17, 15) is 24.9 Å². The molecule has 0 radical (unpaired) electrons. The summed E-state index contributed by atoms with van der Waals surface area (Å²) in [6.07, 6.45) is 1.15. The van der Waals surface area contributed by atoms with Gasteiger partial charge in [-0.3, -0.25) is 9.59 Å². The fourth-order valence-corrected chi connectivity index (χ4v) is 3.48. The van der Waals surface area contributed by atoms with E-state index in [-0.39, 0.29) is 12.0 Å². The van der Waals surface area contributed by atoms with Crippen molar-refractivity contribution in [1.82, 2.24) is 0 Å². The minimum atomic E-state index is -2.07. The number of aliphatic hydroxyl groups excluding tert-OH is 2. The number of Topliss-reactive ketones (excluding diaryl/α,β-unsaturated/α-hetero) is 2. The second-order valence-corrected chi connectivity index (χ2v) is 8.60. The van der Waals surface area contributed by atoms with Gasteiger partial charge >= 0.3 is 0 Å². The van der Waals surface area contributed by atoms with Gasteiger partial charge in [-0.1, -0.05) is 48.0 Å². The second-order valence-electron chi connectivity index (χ2n) is 8.60. The van der Waals surface area contributed by atoms with Crippen LogP contribution in [0.25, 0.3) is 0 Å². The van der Waals surface area contributed by atoms with Gasteiger partial charge in [0.1, 0.15) is 11.3 Å². The Bertz CT molecular complexity index is 549. The summed E-state index contributed by atoms with van der Waals surface area (Å²) in [4.78, 5) is 25.6. The molecule has 0 amide bonds. The van der Waals surface area contributed by atoms with Gasteiger partial charge in [-0.2, -0.15) is 0 Å². The molecule has 150 valence electrons. The van der Waals surface area contributed by atoms with E-state index in [1.54, 1.807) is 6.92 Å². The second kappa shape index (κ2) is 9.14. The summed E-state index contributed by atoms with van der Waals surface area (Å²) in [6, 6.07) is 0. The molecule has 0 aromatic rings. The van der Waals surface area contributed by atoms with Crippen LogP contribution in [0.3, 0.4) is 0 Å². The topological polar surface area (TPSA) is 94.8 Å². The van der Waals surface area contributed by atoms with Gasteiger partial charge in [0.15, 0.2) is 17.2 Å². The summed E-state index contributed by atoms with van der Waals surface area (Å²) in [5, 5.41) is 32.6. The first-order chi connectivity index (χ1) is 12.0. The predicted molar refractivity (Wildman–Crippen MR) is 102 cm³/mol. The molecule has 0 aromatic heterocycles. The lowest BCUT2D eigenvalue weighted by Gasteiger charge is -2.34. The molecular formula is C21H36O5. The fraction of sp³-hybridized carbons (Fsp3) is 0.810. The largest absolute Gasteiger partial charge is 0.508 e. The van der Waals surface area contributed by atoms with Crippen molar-refractivity contribution in [2.24, 2.45) is 23.7 Å². The lowest BCUT2D eigenvalue weighted by atomic mass is 9.78. The summed E-state index contributed by atoms with van der Waals surface area (Å²) in [7, 11) is 0. The molecule has 3 N–H and O–H groups in total. The van der Waals surface area contributed by atoms with Gasteiger partial charge < -0.3 is 15.3 Å². The number of carbonyl (C=O) groups is 2. The van der Waals surface area contributed by atoms with Crippen molar-refractivity contribution < 1.29 is 24.9 Å². The Hall–Kier alpha value is -1.20. The molecule has 0 aromatic carbocycles. The number of rotatable bonds is 10. The van der Waals surface area contributed by atoms with E-state index in [0.717, 1.165) is 0 Å². The Kier molecular flexibility index (Phi) is 8.03. The molecule has 0 aliphatic heterocycles. The Morgan fingerprint density at radius 2 is 1.62 bits per heavy atom. The highest BCUT2D eigenvalue weighted by molar-refractivity contribution is 6.24. The summed E-state index contributed by atoms with van der Waals surface area (Å²) in [5.41, 5.74) is -2.38. The Morgan fingerprint density at radius 1 is 1.08 bits per heavy atom. The van der Waals surface area contributed by atoms with Crippen LogP contribution in [-0.4, -0.2) is 38.6 Å². The number of hydrogen-bond donors (Lipinski definition) is 3. The number of hydrogen-bond acceptors (Lipinski definition) is 5. The first-order valence-corrected chi connectivity index (χ1v) is 9.90. The quantitative estimate of drug-likeness (QED) is 0.512. The van der Waals surface area contributed by atoms with Gasteiger partial charge in [-0.05, 0) is 37.5 Å². The molecule has 0 saturated heterocycles. The van der Waals surface area contributed by atoms with E-state index < -0.39 is 40.9 Å². The molecule has 1 rings (SSSR count). The van der Waals surface area contributed by atoms with Crippen molar-refractivity contribution in [3.8, 4) is 0 Å². The van der Waals surface area contributed by atoms with E-state index in [2.05, 4.69) is 0 Å². The van der Waals surface area contributed by atoms with Gasteiger partial charge in [-0.25, -0.2) is 0 Å².